The minimum atomic E-state index is 0.179. The Labute approximate surface area is 120 Å². The Bertz CT molecular complexity index is 377. The van der Waals surface area contributed by atoms with Gasteiger partial charge in [-0.25, -0.2) is 4.79 Å². The molecule has 0 aromatic rings. The first-order chi connectivity index (χ1) is 9.74. The van der Waals surface area contributed by atoms with E-state index in [4.69, 9.17) is 0 Å². The molecule has 3 saturated heterocycles. The van der Waals surface area contributed by atoms with Crippen LogP contribution in [0, 0.1) is 5.92 Å². The maximum Gasteiger partial charge on any atom is 0.320 e. The number of nitrogens with zero attached hydrogens (tertiary/aromatic N) is 2. The number of rotatable bonds is 0. The molecule has 5 heteroatoms. The lowest BCUT2D eigenvalue weighted by atomic mass is 9.85. The lowest BCUT2D eigenvalue weighted by molar-refractivity contribution is -0.125. The highest BCUT2D eigenvalue weighted by Gasteiger charge is 2.36. The van der Waals surface area contributed by atoms with Crippen molar-refractivity contribution in [3.05, 3.63) is 0 Å². The number of hydrogen-bond donors (Lipinski definition) is 1. The van der Waals surface area contributed by atoms with Crippen molar-refractivity contribution >= 4 is 11.9 Å². The number of likely N-dealkylation sites (tertiary alicyclic amines) is 2. The standard InChI is InChI=1S/C15H25N3O2/c19-14-6-5-12-11-18(10-7-13(12)16-14)15(20)17-8-3-1-2-4-9-17/h12-13H,1-11H2,(H,16,19). The van der Waals surface area contributed by atoms with Gasteiger partial charge in [0, 0.05) is 38.6 Å². The van der Waals surface area contributed by atoms with Gasteiger partial charge in [0.25, 0.3) is 0 Å². The maximum atomic E-state index is 12.6. The normalized spacial score (nSPS) is 31.3. The number of carbonyl (C=O) groups excluding carboxylic acids is 2. The Morgan fingerprint density at radius 3 is 2.50 bits per heavy atom. The fourth-order valence-electron chi connectivity index (χ4n) is 3.75. The Morgan fingerprint density at radius 1 is 1.00 bits per heavy atom. The van der Waals surface area contributed by atoms with Crippen molar-refractivity contribution in [2.24, 2.45) is 5.92 Å². The molecule has 3 heterocycles. The van der Waals surface area contributed by atoms with E-state index >= 15 is 0 Å². The molecule has 0 aliphatic carbocycles. The number of hydrogen-bond acceptors (Lipinski definition) is 2. The quantitative estimate of drug-likeness (QED) is 0.732. The van der Waals surface area contributed by atoms with Crippen LogP contribution in [0.3, 0.4) is 0 Å². The van der Waals surface area contributed by atoms with Crippen LogP contribution in [0.5, 0.6) is 0 Å². The summed E-state index contributed by atoms with van der Waals surface area (Å²) < 4.78 is 0. The Kier molecular flexibility index (Phi) is 4.13. The zero-order valence-corrected chi connectivity index (χ0v) is 12.1. The van der Waals surface area contributed by atoms with Crippen LogP contribution in [0.4, 0.5) is 4.79 Å². The molecule has 0 spiro atoms. The average molecular weight is 279 g/mol. The number of amides is 3. The van der Waals surface area contributed by atoms with Gasteiger partial charge in [-0.15, -0.1) is 0 Å². The highest BCUT2D eigenvalue weighted by molar-refractivity contribution is 5.77. The predicted octanol–water partition coefficient (Wildman–Crippen LogP) is 1.58. The molecule has 5 nitrogen and oxygen atoms in total. The second kappa shape index (κ2) is 6.02. The van der Waals surface area contributed by atoms with Crippen molar-refractivity contribution in [1.29, 1.82) is 0 Å². The molecule has 3 aliphatic rings. The van der Waals surface area contributed by atoms with Gasteiger partial charge in [0.2, 0.25) is 5.91 Å². The molecule has 3 amide bonds. The van der Waals surface area contributed by atoms with Crippen molar-refractivity contribution in [3.8, 4) is 0 Å². The van der Waals surface area contributed by atoms with Crippen LogP contribution in [0.1, 0.15) is 44.9 Å². The lowest BCUT2D eigenvalue weighted by Crippen LogP contribution is -2.57. The Balaban J connectivity index is 1.58. The molecule has 0 aromatic carbocycles. The topological polar surface area (TPSA) is 52.7 Å². The second-order valence-corrected chi connectivity index (χ2v) is 6.39. The minimum absolute atomic E-state index is 0.179. The van der Waals surface area contributed by atoms with Crippen LogP contribution >= 0.6 is 0 Å². The fourth-order valence-corrected chi connectivity index (χ4v) is 3.75. The summed E-state index contributed by atoms with van der Waals surface area (Å²) in [6.45, 7) is 3.44. The van der Waals surface area contributed by atoms with Crippen molar-refractivity contribution in [2.45, 2.75) is 51.0 Å². The summed E-state index contributed by atoms with van der Waals surface area (Å²) in [7, 11) is 0. The molecule has 0 bridgehead atoms. The highest BCUT2D eigenvalue weighted by Crippen LogP contribution is 2.26. The smallest absolute Gasteiger partial charge is 0.320 e. The summed E-state index contributed by atoms with van der Waals surface area (Å²) in [6, 6.07) is 0.520. The first kappa shape index (κ1) is 13.7. The summed E-state index contributed by atoms with van der Waals surface area (Å²) in [5, 5.41) is 3.08. The third-order valence-electron chi connectivity index (χ3n) is 4.97. The Hall–Kier alpha value is -1.26. The Morgan fingerprint density at radius 2 is 1.75 bits per heavy atom. The first-order valence-corrected chi connectivity index (χ1v) is 8.07. The van der Waals surface area contributed by atoms with Gasteiger partial charge in [0.15, 0.2) is 0 Å². The molecule has 0 saturated carbocycles. The van der Waals surface area contributed by atoms with E-state index in [0.29, 0.717) is 18.4 Å². The molecule has 3 aliphatic heterocycles. The molecule has 0 radical (unpaired) electrons. The van der Waals surface area contributed by atoms with Crippen LogP contribution in [0.15, 0.2) is 0 Å². The van der Waals surface area contributed by atoms with Gasteiger partial charge in [-0.3, -0.25) is 4.79 Å². The highest BCUT2D eigenvalue weighted by atomic mass is 16.2. The summed E-state index contributed by atoms with van der Waals surface area (Å²) in [5.41, 5.74) is 0. The van der Waals surface area contributed by atoms with Gasteiger partial charge in [-0.2, -0.15) is 0 Å². The van der Waals surface area contributed by atoms with Gasteiger partial charge in [-0.1, -0.05) is 12.8 Å². The van der Waals surface area contributed by atoms with Crippen LogP contribution in [-0.4, -0.2) is 54.0 Å². The third kappa shape index (κ3) is 2.91. The molecule has 0 aromatic heterocycles. The summed E-state index contributed by atoms with van der Waals surface area (Å²) in [5.74, 6) is 0.635. The molecule has 2 unspecified atom stereocenters. The van der Waals surface area contributed by atoms with E-state index < -0.39 is 0 Å². The van der Waals surface area contributed by atoms with E-state index in [1.807, 2.05) is 9.80 Å². The van der Waals surface area contributed by atoms with Gasteiger partial charge in [0.05, 0.1) is 0 Å². The number of piperidine rings is 2. The average Bonchev–Trinajstić information content (AvgIpc) is 2.75. The largest absolute Gasteiger partial charge is 0.353 e. The molecule has 112 valence electrons. The summed E-state index contributed by atoms with van der Waals surface area (Å²) in [6.07, 6.45) is 7.24. The molecule has 1 N–H and O–H groups in total. The third-order valence-corrected chi connectivity index (χ3v) is 4.97. The van der Waals surface area contributed by atoms with E-state index in [0.717, 1.165) is 51.9 Å². The molecule has 20 heavy (non-hydrogen) atoms. The molecular formula is C15H25N3O2. The molecule has 3 fully saturated rings. The van der Waals surface area contributed by atoms with E-state index in [-0.39, 0.29) is 11.9 Å². The van der Waals surface area contributed by atoms with Crippen LogP contribution in [0.25, 0.3) is 0 Å². The van der Waals surface area contributed by atoms with E-state index in [2.05, 4.69) is 5.32 Å². The van der Waals surface area contributed by atoms with Crippen molar-refractivity contribution < 1.29 is 9.59 Å². The van der Waals surface area contributed by atoms with Crippen LogP contribution in [-0.2, 0) is 4.79 Å². The van der Waals surface area contributed by atoms with E-state index in [1.54, 1.807) is 0 Å². The monoisotopic (exact) mass is 279 g/mol. The first-order valence-electron chi connectivity index (χ1n) is 8.07. The lowest BCUT2D eigenvalue weighted by Gasteiger charge is -2.42. The zero-order chi connectivity index (χ0) is 13.9. The summed E-state index contributed by atoms with van der Waals surface area (Å²) >= 11 is 0. The number of carbonyl (C=O) groups is 2. The molecule has 2 atom stereocenters. The zero-order valence-electron chi connectivity index (χ0n) is 12.1. The van der Waals surface area contributed by atoms with Gasteiger partial charge >= 0.3 is 6.03 Å². The number of fused-ring (bicyclic) bond motifs is 1. The van der Waals surface area contributed by atoms with E-state index in [9.17, 15) is 9.59 Å². The SMILES string of the molecule is O=C1CCC2CN(C(=O)N3CCCCCC3)CCC2N1. The summed E-state index contributed by atoms with van der Waals surface area (Å²) in [4.78, 5) is 28.1. The number of nitrogens with one attached hydrogen (secondary N) is 1. The van der Waals surface area contributed by atoms with Crippen molar-refractivity contribution in [3.63, 3.8) is 0 Å². The maximum absolute atomic E-state index is 12.6. The van der Waals surface area contributed by atoms with E-state index in [1.165, 1.54) is 12.8 Å². The van der Waals surface area contributed by atoms with Gasteiger partial charge in [0.1, 0.15) is 0 Å². The van der Waals surface area contributed by atoms with Crippen molar-refractivity contribution in [2.75, 3.05) is 26.2 Å². The van der Waals surface area contributed by atoms with Gasteiger partial charge in [-0.05, 0) is 31.6 Å². The van der Waals surface area contributed by atoms with Crippen LogP contribution < -0.4 is 5.32 Å². The van der Waals surface area contributed by atoms with Crippen LogP contribution in [0.2, 0.25) is 0 Å². The van der Waals surface area contributed by atoms with Crippen molar-refractivity contribution in [1.82, 2.24) is 15.1 Å². The second-order valence-electron chi connectivity index (χ2n) is 6.39. The molecule has 3 rings (SSSR count). The molecular weight excluding hydrogens is 254 g/mol. The number of urea groups is 1. The predicted molar refractivity (Wildman–Crippen MR) is 76.3 cm³/mol. The fraction of sp³-hybridized carbons (Fsp3) is 0.867. The minimum Gasteiger partial charge on any atom is -0.353 e. The van der Waals surface area contributed by atoms with Gasteiger partial charge < -0.3 is 15.1 Å².